The number of halogens is 2. The first-order valence-electron chi connectivity index (χ1n) is 8.70. The first-order valence-corrected chi connectivity index (χ1v) is 10.7. The summed E-state index contributed by atoms with van der Waals surface area (Å²) in [5, 5.41) is 8.36. The molecule has 4 nitrogen and oxygen atoms in total. The zero-order chi connectivity index (χ0) is 20.8. The Kier molecular flexibility index (Phi) is 7.50. The van der Waals surface area contributed by atoms with Crippen LogP contribution in [-0.4, -0.2) is 18.2 Å². The number of anilines is 1. The van der Waals surface area contributed by atoms with Crippen molar-refractivity contribution in [2.24, 2.45) is 0 Å². The molecule has 0 radical (unpaired) electrons. The summed E-state index contributed by atoms with van der Waals surface area (Å²) in [6.45, 7) is 0.428. The summed E-state index contributed by atoms with van der Waals surface area (Å²) in [5.74, 6) is -0.411. The number of nitrogens with one attached hydrogen (secondary N) is 2. The van der Waals surface area contributed by atoms with Crippen molar-refractivity contribution in [3.63, 3.8) is 0 Å². The molecule has 2 N–H and O–H groups in total. The molecule has 1 heterocycles. The molecule has 0 bridgehead atoms. The number of hydrogen-bond donors (Lipinski definition) is 2. The Labute approximate surface area is 188 Å². The summed E-state index contributed by atoms with van der Waals surface area (Å²) in [6.07, 6.45) is 0.720. The molecule has 0 fully saturated rings. The normalized spacial score (nSPS) is 10.4. The minimum atomic E-state index is -0.411. The van der Waals surface area contributed by atoms with E-state index in [2.05, 4.69) is 10.6 Å². The first kappa shape index (κ1) is 21.6. The van der Waals surface area contributed by atoms with Gasteiger partial charge in [-0.1, -0.05) is 59.6 Å². The van der Waals surface area contributed by atoms with Gasteiger partial charge >= 0.3 is 5.97 Å². The number of ether oxygens (including phenoxy) is 1. The van der Waals surface area contributed by atoms with Gasteiger partial charge < -0.3 is 15.4 Å². The van der Waals surface area contributed by atoms with Crippen molar-refractivity contribution in [2.45, 2.75) is 13.0 Å². The van der Waals surface area contributed by atoms with E-state index in [-0.39, 0.29) is 0 Å². The molecular formula is C21H18Cl2N2O2S2. The van der Waals surface area contributed by atoms with E-state index in [1.807, 2.05) is 42.5 Å². The van der Waals surface area contributed by atoms with E-state index in [0.717, 1.165) is 22.4 Å². The minimum Gasteiger partial charge on any atom is -0.465 e. The number of benzene rings is 2. The van der Waals surface area contributed by atoms with Gasteiger partial charge in [-0.05, 0) is 41.5 Å². The van der Waals surface area contributed by atoms with Gasteiger partial charge in [0.25, 0.3) is 0 Å². The predicted molar refractivity (Wildman–Crippen MR) is 124 cm³/mol. The topological polar surface area (TPSA) is 50.4 Å². The molecule has 8 heteroatoms. The van der Waals surface area contributed by atoms with Crippen molar-refractivity contribution < 1.29 is 9.53 Å². The van der Waals surface area contributed by atoms with Crippen molar-refractivity contribution >= 4 is 62.8 Å². The van der Waals surface area contributed by atoms with Gasteiger partial charge in [0.15, 0.2) is 5.11 Å². The van der Waals surface area contributed by atoms with Gasteiger partial charge in [0.05, 0.1) is 12.7 Å². The second kappa shape index (κ2) is 10.1. The lowest BCUT2D eigenvalue weighted by atomic mass is 10.1. The predicted octanol–water partition coefficient (Wildman–Crippen LogP) is 5.92. The molecule has 3 aromatic rings. The van der Waals surface area contributed by atoms with Crippen molar-refractivity contribution in [3.8, 4) is 0 Å². The molecule has 0 atom stereocenters. The van der Waals surface area contributed by atoms with Crippen molar-refractivity contribution in [1.82, 2.24) is 5.32 Å². The zero-order valence-electron chi connectivity index (χ0n) is 15.5. The van der Waals surface area contributed by atoms with E-state index >= 15 is 0 Å². The van der Waals surface area contributed by atoms with Crippen LogP contribution in [0, 0.1) is 0 Å². The Morgan fingerprint density at radius 3 is 2.59 bits per heavy atom. The Morgan fingerprint density at radius 2 is 1.90 bits per heavy atom. The van der Waals surface area contributed by atoms with Gasteiger partial charge in [0.2, 0.25) is 0 Å². The highest BCUT2D eigenvalue weighted by Crippen LogP contribution is 2.30. The van der Waals surface area contributed by atoms with Gasteiger partial charge in [-0.2, -0.15) is 0 Å². The molecule has 0 aliphatic heterocycles. The summed E-state index contributed by atoms with van der Waals surface area (Å²) in [7, 11) is 1.36. The Balaban J connectivity index is 1.71. The Morgan fingerprint density at radius 1 is 1.14 bits per heavy atom. The largest absolute Gasteiger partial charge is 0.465 e. The van der Waals surface area contributed by atoms with Crippen LogP contribution in [0.1, 0.15) is 26.4 Å². The smallest absolute Gasteiger partial charge is 0.340 e. The second-order valence-corrected chi connectivity index (χ2v) is 8.54. The SMILES string of the molecule is COC(=O)c1cc(Cc2ccccc2)sc1NC(=S)NCc1ccc(Cl)cc1Cl. The van der Waals surface area contributed by atoms with Crippen LogP contribution >= 0.6 is 46.8 Å². The fraction of sp³-hybridized carbons (Fsp3) is 0.143. The molecule has 29 heavy (non-hydrogen) atoms. The lowest BCUT2D eigenvalue weighted by Gasteiger charge is -2.11. The maximum Gasteiger partial charge on any atom is 0.340 e. The fourth-order valence-corrected chi connectivity index (χ4v) is 4.47. The summed E-state index contributed by atoms with van der Waals surface area (Å²) in [4.78, 5) is 13.2. The van der Waals surface area contributed by atoms with Crippen molar-refractivity contribution in [3.05, 3.63) is 86.2 Å². The van der Waals surface area contributed by atoms with Gasteiger partial charge in [-0.25, -0.2) is 4.79 Å². The van der Waals surface area contributed by atoms with E-state index in [1.165, 1.54) is 18.4 Å². The molecule has 3 rings (SSSR count). The van der Waals surface area contributed by atoms with Crippen LogP contribution in [-0.2, 0) is 17.7 Å². The molecule has 0 amide bonds. The van der Waals surface area contributed by atoms with E-state index in [0.29, 0.717) is 32.3 Å². The molecule has 0 unspecified atom stereocenters. The number of carbonyl (C=O) groups is 1. The van der Waals surface area contributed by atoms with Crippen molar-refractivity contribution in [2.75, 3.05) is 12.4 Å². The number of rotatable bonds is 6. The summed E-state index contributed by atoms with van der Waals surface area (Å²) in [6, 6.07) is 17.2. The summed E-state index contributed by atoms with van der Waals surface area (Å²) >= 11 is 19.0. The number of thiocarbonyl (C=S) groups is 1. The number of thiophene rings is 1. The van der Waals surface area contributed by atoms with E-state index in [9.17, 15) is 4.79 Å². The molecule has 0 aliphatic rings. The van der Waals surface area contributed by atoms with Crippen LogP contribution in [0.5, 0.6) is 0 Å². The van der Waals surface area contributed by atoms with Crippen LogP contribution < -0.4 is 10.6 Å². The third-order valence-electron chi connectivity index (χ3n) is 4.09. The van der Waals surface area contributed by atoms with Crippen LogP contribution in [0.25, 0.3) is 0 Å². The zero-order valence-corrected chi connectivity index (χ0v) is 18.6. The highest BCUT2D eigenvalue weighted by molar-refractivity contribution is 7.80. The molecule has 2 aromatic carbocycles. The average Bonchev–Trinajstić information content (AvgIpc) is 3.09. The van der Waals surface area contributed by atoms with Gasteiger partial charge in [-0.3, -0.25) is 0 Å². The highest BCUT2D eigenvalue weighted by atomic mass is 35.5. The van der Waals surface area contributed by atoms with E-state index < -0.39 is 5.97 Å². The minimum absolute atomic E-state index is 0.384. The van der Waals surface area contributed by atoms with Crippen LogP contribution in [0.4, 0.5) is 5.00 Å². The number of methoxy groups -OCH3 is 1. The standard InChI is InChI=1S/C21H18Cl2N2O2S2/c1-27-20(26)17-11-16(9-13-5-3-2-4-6-13)29-19(17)25-21(28)24-12-14-7-8-15(22)10-18(14)23/h2-8,10-11H,9,12H2,1H3,(H2,24,25,28). The Hall–Kier alpha value is -2.12. The molecule has 0 aliphatic carbocycles. The summed E-state index contributed by atoms with van der Waals surface area (Å²) in [5.41, 5.74) is 2.48. The number of esters is 1. The highest BCUT2D eigenvalue weighted by Gasteiger charge is 2.18. The second-order valence-electron chi connectivity index (χ2n) is 6.15. The summed E-state index contributed by atoms with van der Waals surface area (Å²) < 4.78 is 4.91. The maximum atomic E-state index is 12.2. The lowest BCUT2D eigenvalue weighted by Crippen LogP contribution is -2.28. The van der Waals surface area contributed by atoms with Gasteiger partial charge in [0.1, 0.15) is 5.00 Å². The molecule has 0 saturated carbocycles. The third kappa shape index (κ3) is 5.93. The van der Waals surface area contributed by atoms with Gasteiger partial charge in [-0.15, -0.1) is 11.3 Å². The van der Waals surface area contributed by atoms with Crippen LogP contribution in [0.3, 0.4) is 0 Å². The first-order chi connectivity index (χ1) is 14.0. The number of hydrogen-bond acceptors (Lipinski definition) is 4. The third-order valence-corrected chi connectivity index (χ3v) is 5.97. The lowest BCUT2D eigenvalue weighted by molar-refractivity contribution is 0.0602. The quantitative estimate of drug-likeness (QED) is 0.350. The monoisotopic (exact) mass is 464 g/mol. The Bertz CT molecular complexity index is 1020. The maximum absolute atomic E-state index is 12.2. The molecular weight excluding hydrogens is 447 g/mol. The van der Waals surface area contributed by atoms with Crippen LogP contribution in [0.15, 0.2) is 54.6 Å². The van der Waals surface area contributed by atoms with Gasteiger partial charge in [0, 0.05) is 27.9 Å². The molecule has 0 spiro atoms. The van der Waals surface area contributed by atoms with E-state index in [1.54, 1.807) is 12.1 Å². The average molecular weight is 465 g/mol. The van der Waals surface area contributed by atoms with Crippen molar-refractivity contribution in [1.29, 1.82) is 0 Å². The van der Waals surface area contributed by atoms with Crippen LogP contribution in [0.2, 0.25) is 10.0 Å². The molecule has 0 saturated heterocycles. The molecule has 150 valence electrons. The number of carbonyl (C=O) groups excluding carboxylic acids is 1. The van der Waals surface area contributed by atoms with E-state index in [4.69, 9.17) is 40.2 Å². The molecule has 1 aromatic heterocycles. The fourth-order valence-electron chi connectivity index (χ4n) is 2.67.